The van der Waals surface area contributed by atoms with Gasteiger partial charge in [0.2, 0.25) is 0 Å². The number of urea groups is 1. The molecule has 144 valence electrons. The molecule has 0 aromatic heterocycles. The Kier molecular flexibility index (Phi) is 6.51. The monoisotopic (exact) mass is 360 g/mol. The second-order valence-electron chi connectivity index (χ2n) is 7.82. The Morgan fingerprint density at radius 3 is 2.62 bits per heavy atom. The van der Waals surface area contributed by atoms with Gasteiger partial charge in [0, 0.05) is 51.4 Å². The van der Waals surface area contributed by atoms with Crippen molar-refractivity contribution in [1.82, 2.24) is 20.4 Å². The highest BCUT2D eigenvalue weighted by molar-refractivity contribution is 5.73. The van der Waals surface area contributed by atoms with E-state index in [1.165, 1.54) is 11.1 Å². The van der Waals surface area contributed by atoms with Crippen LogP contribution in [-0.4, -0.2) is 73.9 Å². The number of amides is 2. The predicted octanol–water partition coefficient (Wildman–Crippen LogP) is 1.45. The molecule has 0 radical (unpaired) electrons. The number of rotatable bonds is 6. The number of morpholine rings is 1. The first-order valence-electron chi connectivity index (χ1n) is 9.68. The molecule has 1 aromatic carbocycles. The third kappa shape index (κ3) is 5.19. The van der Waals surface area contributed by atoms with Crippen LogP contribution >= 0.6 is 0 Å². The Balaban J connectivity index is 1.34. The molecule has 2 N–H and O–H groups in total. The third-order valence-corrected chi connectivity index (χ3v) is 5.47. The van der Waals surface area contributed by atoms with Crippen LogP contribution in [0.15, 0.2) is 24.3 Å². The lowest BCUT2D eigenvalue weighted by molar-refractivity contribution is -0.00874. The lowest BCUT2D eigenvalue weighted by atomic mass is 10.00. The van der Waals surface area contributed by atoms with Gasteiger partial charge in [0.05, 0.1) is 13.2 Å². The third-order valence-electron chi connectivity index (χ3n) is 5.47. The fourth-order valence-electron chi connectivity index (χ4n) is 3.71. The predicted molar refractivity (Wildman–Crippen MR) is 103 cm³/mol. The second kappa shape index (κ2) is 8.84. The molecule has 0 atom stereocenters. The van der Waals surface area contributed by atoms with Crippen LogP contribution in [0.4, 0.5) is 4.79 Å². The Morgan fingerprint density at radius 2 is 1.85 bits per heavy atom. The Bertz CT molecular complexity index is 599. The van der Waals surface area contributed by atoms with Gasteiger partial charge in [0.1, 0.15) is 0 Å². The number of benzene rings is 1. The summed E-state index contributed by atoms with van der Waals surface area (Å²) in [5, 5.41) is 6.02. The van der Waals surface area contributed by atoms with E-state index < -0.39 is 0 Å². The van der Waals surface area contributed by atoms with Gasteiger partial charge in [-0.1, -0.05) is 24.3 Å². The fourth-order valence-corrected chi connectivity index (χ4v) is 3.71. The van der Waals surface area contributed by atoms with Crippen LogP contribution in [-0.2, 0) is 17.7 Å². The maximum atomic E-state index is 12.1. The second-order valence-corrected chi connectivity index (χ2v) is 7.82. The molecule has 1 fully saturated rings. The van der Waals surface area contributed by atoms with Crippen molar-refractivity contribution >= 4 is 6.03 Å². The average molecular weight is 361 g/mol. The maximum Gasteiger partial charge on any atom is 0.314 e. The molecule has 2 amide bonds. The van der Waals surface area contributed by atoms with Gasteiger partial charge < -0.3 is 15.4 Å². The van der Waals surface area contributed by atoms with Gasteiger partial charge in [-0.15, -0.1) is 0 Å². The van der Waals surface area contributed by atoms with Gasteiger partial charge in [-0.2, -0.15) is 0 Å². The zero-order valence-electron chi connectivity index (χ0n) is 16.1. The van der Waals surface area contributed by atoms with E-state index in [1.807, 2.05) is 0 Å². The van der Waals surface area contributed by atoms with Gasteiger partial charge in [0.15, 0.2) is 0 Å². The first kappa shape index (κ1) is 19.1. The van der Waals surface area contributed by atoms with E-state index in [2.05, 4.69) is 58.5 Å². The summed E-state index contributed by atoms with van der Waals surface area (Å²) in [5.41, 5.74) is 2.81. The lowest BCUT2D eigenvalue weighted by Gasteiger charge is -2.40. The average Bonchev–Trinajstić information content (AvgIpc) is 2.67. The molecule has 6 nitrogen and oxygen atoms in total. The topological polar surface area (TPSA) is 56.8 Å². The number of fused-ring (bicyclic) bond motifs is 1. The van der Waals surface area contributed by atoms with Crippen LogP contribution in [0.3, 0.4) is 0 Å². The Hall–Kier alpha value is -1.63. The summed E-state index contributed by atoms with van der Waals surface area (Å²) in [6.07, 6.45) is 1.09. The van der Waals surface area contributed by atoms with Crippen molar-refractivity contribution in [3.05, 3.63) is 35.4 Å². The van der Waals surface area contributed by atoms with Gasteiger partial charge in [-0.05, 0) is 31.4 Å². The molecule has 2 aliphatic heterocycles. The van der Waals surface area contributed by atoms with Crippen LogP contribution in [0, 0.1) is 0 Å². The number of ether oxygens (including phenoxy) is 1. The minimum atomic E-state index is -0.0799. The van der Waals surface area contributed by atoms with Crippen molar-refractivity contribution in [3.8, 4) is 0 Å². The van der Waals surface area contributed by atoms with Crippen LogP contribution < -0.4 is 10.6 Å². The summed E-state index contributed by atoms with van der Waals surface area (Å²) >= 11 is 0. The molecule has 0 unspecified atom stereocenters. The number of hydrogen-bond acceptors (Lipinski definition) is 4. The Morgan fingerprint density at radius 1 is 1.12 bits per heavy atom. The van der Waals surface area contributed by atoms with Crippen LogP contribution in [0.2, 0.25) is 0 Å². The quantitative estimate of drug-likeness (QED) is 0.806. The molecule has 6 heteroatoms. The molecule has 1 saturated heterocycles. The molecule has 2 aliphatic rings. The van der Waals surface area contributed by atoms with Gasteiger partial charge >= 0.3 is 6.03 Å². The summed E-state index contributed by atoms with van der Waals surface area (Å²) in [6, 6.07) is 8.55. The van der Waals surface area contributed by atoms with Crippen molar-refractivity contribution in [2.24, 2.45) is 0 Å². The van der Waals surface area contributed by atoms with E-state index in [0.717, 1.165) is 52.4 Å². The van der Waals surface area contributed by atoms with E-state index in [-0.39, 0.29) is 11.6 Å². The summed E-state index contributed by atoms with van der Waals surface area (Å²) < 4.78 is 5.41. The molecular weight excluding hydrogens is 328 g/mol. The minimum absolute atomic E-state index is 0.0578. The minimum Gasteiger partial charge on any atom is -0.379 e. The van der Waals surface area contributed by atoms with E-state index in [1.54, 1.807) is 0 Å². The standard InChI is InChI=1S/C20H32N4O2/c1-20(2,24-11-13-26-14-12-24)16-22-19(25)21-8-10-23-9-7-17-5-3-4-6-18(17)15-23/h3-6H,7-16H2,1-2H3,(H2,21,22,25). The Labute approximate surface area is 156 Å². The highest BCUT2D eigenvalue weighted by atomic mass is 16.5. The normalized spacial score (nSPS) is 19.0. The van der Waals surface area contributed by atoms with Crippen molar-refractivity contribution in [1.29, 1.82) is 0 Å². The van der Waals surface area contributed by atoms with Crippen molar-refractivity contribution in [2.45, 2.75) is 32.4 Å². The zero-order valence-corrected chi connectivity index (χ0v) is 16.1. The molecular formula is C20H32N4O2. The first-order chi connectivity index (χ1) is 12.5. The number of nitrogens with one attached hydrogen (secondary N) is 2. The molecule has 2 heterocycles. The van der Waals surface area contributed by atoms with Crippen molar-refractivity contribution < 1.29 is 9.53 Å². The molecule has 0 bridgehead atoms. The van der Waals surface area contributed by atoms with E-state index >= 15 is 0 Å². The summed E-state index contributed by atoms with van der Waals surface area (Å²) in [5.74, 6) is 0. The highest BCUT2D eigenvalue weighted by Crippen LogP contribution is 2.18. The molecule has 0 saturated carbocycles. The smallest absolute Gasteiger partial charge is 0.314 e. The van der Waals surface area contributed by atoms with Crippen molar-refractivity contribution in [2.75, 3.05) is 52.5 Å². The lowest BCUT2D eigenvalue weighted by Crippen LogP contribution is -2.56. The number of nitrogens with zero attached hydrogens (tertiary/aromatic N) is 2. The largest absolute Gasteiger partial charge is 0.379 e. The summed E-state index contributed by atoms with van der Waals surface area (Å²) in [4.78, 5) is 16.9. The van der Waals surface area contributed by atoms with Crippen LogP contribution in [0.5, 0.6) is 0 Å². The molecule has 0 aliphatic carbocycles. The molecule has 3 rings (SSSR count). The van der Waals surface area contributed by atoms with Crippen molar-refractivity contribution in [3.63, 3.8) is 0 Å². The van der Waals surface area contributed by atoms with Gasteiger partial charge in [0.25, 0.3) is 0 Å². The SMILES string of the molecule is CC(C)(CNC(=O)NCCN1CCc2ccccc2C1)N1CCOCC1. The number of carbonyl (C=O) groups excluding carboxylic acids is 1. The number of carbonyl (C=O) groups is 1. The summed E-state index contributed by atoms with van der Waals surface area (Å²) in [7, 11) is 0. The van der Waals surface area contributed by atoms with Gasteiger partial charge in [-0.3, -0.25) is 9.80 Å². The number of hydrogen-bond donors (Lipinski definition) is 2. The fraction of sp³-hybridized carbons (Fsp3) is 0.650. The maximum absolute atomic E-state index is 12.1. The van der Waals surface area contributed by atoms with E-state index in [9.17, 15) is 4.79 Å². The van der Waals surface area contributed by atoms with E-state index in [4.69, 9.17) is 4.74 Å². The molecule has 1 aromatic rings. The summed E-state index contributed by atoms with van der Waals surface area (Å²) in [6.45, 7) is 12.0. The van der Waals surface area contributed by atoms with Crippen LogP contribution in [0.1, 0.15) is 25.0 Å². The zero-order chi connectivity index (χ0) is 18.4. The first-order valence-corrected chi connectivity index (χ1v) is 9.68. The van der Waals surface area contributed by atoms with Gasteiger partial charge in [-0.25, -0.2) is 4.79 Å². The highest BCUT2D eigenvalue weighted by Gasteiger charge is 2.28. The molecule has 26 heavy (non-hydrogen) atoms. The molecule has 0 spiro atoms. The van der Waals surface area contributed by atoms with Crippen LogP contribution in [0.25, 0.3) is 0 Å². The van der Waals surface area contributed by atoms with E-state index in [0.29, 0.717) is 13.1 Å².